The molecule has 0 N–H and O–H groups in total. The highest BCUT2D eigenvalue weighted by Crippen LogP contribution is 2.23. The van der Waals surface area contributed by atoms with E-state index >= 15 is 0 Å². The number of nitro benzene ring substituents is 1. The average molecular weight is 366 g/mol. The van der Waals surface area contributed by atoms with Crippen molar-refractivity contribution in [1.29, 1.82) is 0 Å². The summed E-state index contributed by atoms with van der Waals surface area (Å²) in [5, 5.41) is 10.9. The first-order valence-electron chi connectivity index (χ1n) is 8.35. The second kappa shape index (κ2) is 7.12. The van der Waals surface area contributed by atoms with Crippen LogP contribution in [-0.4, -0.2) is 36.3 Å². The lowest BCUT2D eigenvalue weighted by Crippen LogP contribution is -2.31. The van der Waals surface area contributed by atoms with Gasteiger partial charge in [-0.1, -0.05) is 0 Å². The number of halogens is 1. The van der Waals surface area contributed by atoms with Crippen molar-refractivity contribution in [1.82, 2.24) is 24.8 Å². The van der Waals surface area contributed by atoms with Crippen molar-refractivity contribution in [2.75, 3.05) is 6.54 Å². The number of benzene rings is 1. The molecule has 1 aliphatic heterocycles. The molecule has 136 valence electrons. The number of nitro groups is 1. The summed E-state index contributed by atoms with van der Waals surface area (Å²) >= 11 is 0. The van der Waals surface area contributed by atoms with E-state index in [1.807, 2.05) is 4.90 Å². The van der Waals surface area contributed by atoms with Crippen LogP contribution in [-0.2, 0) is 19.5 Å². The molecule has 0 amide bonds. The minimum atomic E-state index is -0.517. The van der Waals surface area contributed by atoms with Crippen LogP contribution in [0.1, 0.15) is 16.8 Å². The van der Waals surface area contributed by atoms with Crippen LogP contribution in [0, 0.1) is 15.9 Å². The number of hydrogen-bond donors (Lipinski definition) is 0. The van der Waals surface area contributed by atoms with E-state index in [9.17, 15) is 14.5 Å². The van der Waals surface area contributed by atoms with Gasteiger partial charge < -0.3 is 0 Å². The van der Waals surface area contributed by atoms with Crippen molar-refractivity contribution >= 4 is 5.69 Å². The quantitative estimate of drug-likeness (QED) is 0.517. The molecule has 0 radical (unpaired) electrons. The number of rotatable bonds is 4. The highest BCUT2D eigenvalue weighted by Gasteiger charge is 2.21. The number of fused-ring (bicyclic) bond motifs is 1. The average Bonchev–Trinajstić information content (AvgIpc) is 2.69. The highest BCUT2D eigenvalue weighted by molar-refractivity contribution is 5.52. The Balaban J connectivity index is 1.52. The topological polar surface area (TPSA) is 97.9 Å². The second-order valence-corrected chi connectivity index (χ2v) is 6.29. The van der Waals surface area contributed by atoms with Gasteiger partial charge in [0.15, 0.2) is 5.82 Å². The fourth-order valence-corrected chi connectivity index (χ4v) is 3.10. The van der Waals surface area contributed by atoms with Gasteiger partial charge in [0.1, 0.15) is 12.1 Å². The van der Waals surface area contributed by atoms with Crippen molar-refractivity contribution in [2.24, 2.45) is 0 Å². The molecule has 1 aliphatic rings. The molecule has 2 aromatic heterocycles. The minimum Gasteiger partial charge on any atom is -0.294 e. The molecule has 0 aliphatic carbocycles. The Morgan fingerprint density at radius 2 is 2.04 bits per heavy atom. The fourth-order valence-electron chi connectivity index (χ4n) is 3.10. The zero-order valence-corrected chi connectivity index (χ0v) is 14.2. The Morgan fingerprint density at radius 3 is 2.81 bits per heavy atom. The molecule has 0 saturated carbocycles. The van der Waals surface area contributed by atoms with Gasteiger partial charge in [-0.05, 0) is 6.07 Å². The lowest BCUT2D eigenvalue weighted by Gasteiger charge is -2.28. The summed E-state index contributed by atoms with van der Waals surface area (Å²) in [4.78, 5) is 29.4. The molecule has 0 fully saturated rings. The predicted octanol–water partition coefficient (Wildman–Crippen LogP) is 2.54. The first-order valence-corrected chi connectivity index (χ1v) is 8.35. The van der Waals surface area contributed by atoms with Gasteiger partial charge in [0.25, 0.3) is 5.69 Å². The summed E-state index contributed by atoms with van der Waals surface area (Å²) in [7, 11) is 0. The Hall–Kier alpha value is -3.33. The van der Waals surface area contributed by atoms with Crippen LogP contribution in [0.25, 0.3) is 11.4 Å². The predicted molar refractivity (Wildman–Crippen MR) is 93.9 cm³/mol. The zero-order chi connectivity index (χ0) is 18.8. The zero-order valence-electron chi connectivity index (χ0n) is 14.2. The standard InChI is InChI=1S/C18H15FN6O2/c19-16-2-1-15(25(26)27)5-12(16)9-24-4-3-17-14(10-24)8-22-18(23-17)13-6-20-11-21-7-13/h1-2,5-8,11H,3-4,9-10H2. The normalized spacial score (nSPS) is 14.0. The van der Waals surface area contributed by atoms with Crippen LogP contribution in [0.5, 0.6) is 0 Å². The Labute approximate surface area is 153 Å². The Bertz CT molecular complexity index is 998. The molecule has 9 heteroatoms. The lowest BCUT2D eigenvalue weighted by molar-refractivity contribution is -0.385. The molecule has 0 bridgehead atoms. The van der Waals surface area contributed by atoms with Crippen LogP contribution in [0.2, 0.25) is 0 Å². The molecule has 0 saturated heterocycles. The molecule has 4 rings (SSSR count). The Morgan fingerprint density at radius 1 is 1.22 bits per heavy atom. The minimum absolute atomic E-state index is 0.109. The molecule has 0 spiro atoms. The van der Waals surface area contributed by atoms with Crippen molar-refractivity contribution in [3.05, 3.63) is 75.9 Å². The molecular weight excluding hydrogens is 351 g/mol. The van der Waals surface area contributed by atoms with Gasteiger partial charge in [-0.15, -0.1) is 0 Å². The largest absolute Gasteiger partial charge is 0.294 e. The van der Waals surface area contributed by atoms with E-state index in [1.54, 1.807) is 18.6 Å². The summed E-state index contributed by atoms with van der Waals surface area (Å²) < 4.78 is 14.0. The summed E-state index contributed by atoms with van der Waals surface area (Å²) in [5.74, 6) is 0.134. The maximum absolute atomic E-state index is 14.0. The SMILES string of the molecule is O=[N+]([O-])c1ccc(F)c(CN2CCc3nc(-c4cncnc4)ncc3C2)c1. The van der Waals surface area contributed by atoms with Crippen molar-refractivity contribution < 1.29 is 9.31 Å². The van der Waals surface area contributed by atoms with Crippen LogP contribution in [0.3, 0.4) is 0 Å². The van der Waals surface area contributed by atoms with Crippen LogP contribution in [0.15, 0.2) is 43.1 Å². The first-order chi connectivity index (χ1) is 13.1. The van der Waals surface area contributed by atoms with Gasteiger partial charge in [0.2, 0.25) is 0 Å². The molecular formula is C18H15FN6O2. The Kier molecular flexibility index (Phi) is 4.51. The molecule has 3 heterocycles. The monoisotopic (exact) mass is 366 g/mol. The molecule has 3 aromatic rings. The third-order valence-electron chi connectivity index (χ3n) is 4.47. The highest BCUT2D eigenvalue weighted by atomic mass is 19.1. The van der Waals surface area contributed by atoms with E-state index in [-0.39, 0.29) is 5.69 Å². The molecule has 0 unspecified atom stereocenters. The van der Waals surface area contributed by atoms with E-state index in [0.29, 0.717) is 37.4 Å². The van der Waals surface area contributed by atoms with Crippen LogP contribution in [0.4, 0.5) is 10.1 Å². The van der Waals surface area contributed by atoms with E-state index in [4.69, 9.17) is 0 Å². The third-order valence-corrected chi connectivity index (χ3v) is 4.47. The van der Waals surface area contributed by atoms with Gasteiger partial charge in [-0.2, -0.15) is 0 Å². The molecule has 0 atom stereocenters. The fraction of sp³-hybridized carbons (Fsp3) is 0.222. The molecule has 8 nitrogen and oxygen atoms in total. The van der Waals surface area contributed by atoms with Gasteiger partial charge in [0, 0.05) is 67.9 Å². The molecule has 27 heavy (non-hydrogen) atoms. The van der Waals surface area contributed by atoms with E-state index < -0.39 is 10.7 Å². The summed E-state index contributed by atoms with van der Waals surface area (Å²) in [6.45, 7) is 1.53. The second-order valence-electron chi connectivity index (χ2n) is 6.29. The smallest absolute Gasteiger partial charge is 0.269 e. The van der Waals surface area contributed by atoms with Crippen molar-refractivity contribution in [3.63, 3.8) is 0 Å². The number of hydrogen-bond acceptors (Lipinski definition) is 7. The first kappa shape index (κ1) is 17.1. The van der Waals surface area contributed by atoms with Gasteiger partial charge >= 0.3 is 0 Å². The summed E-state index contributed by atoms with van der Waals surface area (Å²) in [6, 6.07) is 3.61. The van der Waals surface area contributed by atoms with Gasteiger partial charge in [-0.3, -0.25) is 15.0 Å². The number of nitrogens with zero attached hydrogens (tertiary/aromatic N) is 6. The van der Waals surface area contributed by atoms with E-state index in [0.717, 1.165) is 22.9 Å². The van der Waals surface area contributed by atoms with Gasteiger partial charge in [0.05, 0.1) is 16.2 Å². The van der Waals surface area contributed by atoms with Gasteiger partial charge in [-0.25, -0.2) is 24.3 Å². The van der Waals surface area contributed by atoms with E-state index in [2.05, 4.69) is 19.9 Å². The molecule has 1 aromatic carbocycles. The van der Waals surface area contributed by atoms with Crippen molar-refractivity contribution in [3.8, 4) is 11.4 Å². The summed E-state index contributed by atoms with van der Waals surface area (Å²) in [5.41, 5.74) is 2.86. The van der Waals surface area contributed by atoms with Crippen LogP contribution < -0.4 is 0 Å². The maximum Gasteiger partial charge on any atom is 0.269 e. The number of aromatic nitrogens is 4. The van der Waals surface area contributed by atoms with Crippen molar-refractivity contribution in [2.45, 2.75) is 19.5 Å². The van der Waals surface area contributed by atoms with Crippen LogP contribution >= 0.6 is 0 Å². The van der Waals surface area contributed by atoms with E-state index in [1.165, 1.54) is 18.5 Å². The number of non-ortho nitro benzene ring substituents is 1. The third kappa shape index (κ3) is 3.63. The lowest BCUT2D eigenvalue weighted by atomic mass is 10.1. The maximum atomic E-state index is 14.0. The summed E-state index contributed by atoms with van der Waals surface area (Å²) in [6.07, 6.45) is 7.23.